The Kier molecular flexibility index (Phi) is 13.5. The lowest BCUT2D eigenvalue weighted by molar-refractivity contribution is -0.126. The number of nitrogens with zero attached hydrogens (tertiary/aromatic N) is 7. The second-order valence-corrected chi connectivity index (χ2v) is 14.6. The van der Waals surface area contributed by atoms with Crippen LogP contribution in [-0.4, -0.2) is 87.2 Å². The summed E-state index contributed by atoms with van der Waals surface area (Å²) in [4.78, 5) is 78.5. The molecule has 4 aromatic rings. The Labute approximate surface area is 342 Å². The van der Waals surface area contributed by atoms with Crippen molar-refractivity contribution in [1.29, 1.82) is 5.26 Å². The first-order valence-electron chi connectivity index (χ1n) is 19.8. The molecular formula is C42H49N11O6. The molecule has 3 heterocycles. The third-order valence-electron chi connectivity index (χ3n) is 10.9. The van der Waals surface area contributed by atoms with E-state index < -0.39 is 17.9 Å². The molecule has 5 amide bonds. The Balaban J connectivity index is 1.08. The van der Waals surface area contributed by atoms with Gasteiger partial charge in [0.15, 0.2) is 11.5 Å². The number of hydrogen-bond acceptors (Lipinski definition) is 13. The minimum absolute atomic E-state index is 0.0275. The minimum atomic E-state index is -0.589. The summed E-state index contributed by atoms with van der Waals surface area (Å²) in [6.07, 6.45) is 9.97. The van der Waals surface area contributed by atoms with Gasteiger partial charge in [0, 0.05) is 42.8 Å². The number of imidazole rings is 1. The van der Waals surface area contributed by atoms with Crippen molar-refractivity contribution in [3.05, 3.63) is 77.0 Å². The van der Waals surface area contributed by atoms with Gasteiger partial charge in [-0.2, -0.15) is 10.2 Å². The highest BCUT2D eigenvalue weighted by Crippen LogP contribution is 2.44. The largest absolute Gasteiger partial charge is 0.495 e. The summed E-state index contributed by atoms with van der Waals surface area (Å²) in [5.74, 6) is 0.258. The van der Waals surface area contributed by atoms with Crippen LogP contribution in [0.15, 0.2) is 48.9 Å². The molecular weight excluding hydrogens is 755 g/mol. The van der Waals surface area contributed by atoms with Crippen molar-refractivity contribution >= 4 is 53.7 Å². The number of methoxy groups -OCH3 is 1. The molecule has 1 aliphatic carbocycles. The van der Waals surface area contributed by atoms with Crippen LogP contribution in [-0.2, 0) is 14.4 Å². The maximum Gasteiger partial charge on any atom is 0.262 e. The van der Waals surface area contributed by atoms with E-state index in [2.05, 4.69) is 49.1 Å². The van der Waals surface area contributed by atoms with Crippen LogP contribution >= 0.6 is 0 Å². The summed E-state index contributed by atoms with van der Waals surface area (Å²) in [6, 6.07) is 12.3. The normalized spacial score (nSPS) is 14.9. The van der Waals surface area contributed by atoms with E-state index in [0.29, 0.717) is 77.8 Å². The van der Waals surface area contributed by atoms with Gasteiger partial charge in [0.05, 0.1) is 36.3 Å². The number of hydrogen-bond donors (Lipinski definition) is 4. The van der Waals surface area contributed by atoms with Crippen LogP contribution in [0.25, 0.3) is 5.69 Å². The number of ether oxygens (including phenoxy) is 1. The number of nitrogens with one attached hydrogen (secondary N) is 4. The number of aromatic nitrogens is 4. The fraction of sp³-hybridized carbons (Fsp3) is 0.405. The van der Waals surface area contributed by atoms with Gasteiger partial charge in [0.2, 0.25) is 24.7 Å². The number of amides is 5. The summed E-state index contributed by atoms with van der Waals surface area (Å²) < 4.78 is 7.61. The zero-order valence-electron chi connectivity index (χ0n) is 33.7. The third-order valence-corrected chi connectivity index (χ3v) is 10.9. The summed E-state index contributed by atoms with van der Waals surface area (Å²) in [6.45, 7) is 6.29. The average molecular weight is 804 g/mol. The molecule has 4 N–H and O–H groups in total. The molecule has 1 aliphatic heterocycles. The lowest BCUT2D eigenvalue weighted by Gasteiger charge is -2.41. The van der Waals surface area contributed by atoms with Crippen molar-refractivity contribution in [3.8, 4) is 17.5 Å². The van der Waals surface area contributed by atoms with Crippen molar-refractivity contribution < 1.29 is 28.7 Å². The van der Waals surface area contributed by atoms with Gasteiger partial charge in [0.25, 0.3) is 11.8 Å². The molecule has 2 aliphatic rings. The van der Waals surface area contributed by atoms with Crippen LogP contribution in [0.5, 0.6) is 5.75 Å². The lowest BCUT2D eigenvalue weighted by atomic mass is 10.0. The Morgan fingerprint density at radius 2 is 1.90 bits per heavy atom. The van der Waals surface area contributed by atoms with Crippen LogP contribution in [0, 0.1) is 18.3 Å². The first kappa shape index (κ1) is 41.8. The topological polar surface area (TPSA) is 217 Å². The standard InChI is InChI=1S/C42H49N11O6/c1-5-33-38-32(21-43)47-23-51(38)34-22-46-42(50-39(34)53(33)29-11-6-7-12-29)49-30-16-15-28(20-35(30)59-4)40(57)45-19-9-18-44-31-13-8-10-26(2)37(31)41(58)52(25-55)27(3)14-17-36(56)48-24-54/h8,10,13,15-16,20,22-25,27,29,33,44H,5-7,9,11-12,14,17-19H2,1-4H3,(H,45,57)(H,46,49,50)(H,48,54,56). The molecule has 0 bridgehead atoms. The third kappa shape index (κ3) is 9.01. The number of carbonyl (C=O) groups is 5. The van der Waals surface area contributed by atoms with Gasteiger partial charge in [-0.1, -0.05) is 31.9 Å². The number of imide groups is 2. The second-order valence-electron chi connectivity index (χ2n) is 14.6. The predicted molar refractivity (Wildman–Crippen MR) is 220 cm³/mol. The van der Waals surface area contributed by atoms with Crippen LogP contribution in [0.1, 0.15) is 109 Å². The molecule has 0 saturated heterocycles. The number of fused-ring (bicyclic) bond motifs is 3. The number of rotatable bonds is 18. The Hall–Kier alpha value is -6.83. The van der Waals surface area contributed by atoms with Gasteiger partial charge in [-0.25, -0.2) is 9.97 Å². The van der Waals surface area contributed by atoms with Crippen molar-refractivity contribution in [1.82, 2.24) is 35.1 Å². The van der Waals surface area contributed by atoms with Crippen LogP contribution in [0.4, 0.5) is 23.1 Å². The van der Waals surface area contributed by atoms with Crippen molar-refractivity contribution in [2.75, 3.05) is 35.7 Å². The van der Waals surface area contributed by atoms with Crippen LogP contribution in [0.2, 0.25) is 0 Å². The smallest absolute Gasteiger partial charge is 0.262 e. The van der Waals surface area contributed by atoms with E-state index in [1.807, 2.05) is 4.57 Å². The van der Waals surface area contributed by atoms with E-state index in [-0.39, 0.29) is 30.8 Å². The van der Waals surface area contributed by atoms with E-state index in [1.54, 1.807) is 62.8 Å². The molecule has 0 radical (unpaired) electrons. The molecule has 1 fully saturated rings. The van der Waals surface area contributed by atoms with Gasteiger partial charge in [-0.05, 0) is 75.8 Å². The van der Waals surface area contributed by atoms with E-state index >= 15 is 0 Å². The second kappa shape index (κ2) is 19.1. The maximum absolute atomic E-state index is 13.5. The first-order chi connectivity index (χ1) is 28.6. The average Bonchev–Trinajstić information content (AvgIpc) is 3.94. The molecule has 2 unspecified atom stereocenters. The highest BCUT2D eigenvalue weighted by atomic mass is 16.5. The van der Waals surface area contributed by atoms with Crippen molar-refractivity contribution in [2.24, 2.45) is 0 Å². The molecule has 2 atom stereocenters. The summed E-state index contributed by atoms with van der Waals surface area (Å²) in [5, 5.41) is 21.4. The monoisotopic (exact) mass is 803 g/mol. The summed E-state index contributed by atoms with van der Waals surface area (Å²) >= 11 is 0. The zero-order valence-corrected chi connectivity index (χ0v) is 33.7. The lowest BCUT2D eigenvalue weighted by Crippen LogP contribution is -2.42. The first-order valence-corrected chi connectivity index (χ1v) is 19.8. The van der Waals surface area contributed by atoms with Crippen molar-refractivity contribution in [3.63, 3.8) is 0 Å². The molecule has 1 saturated carbocycles. The fourth-order valence-corrected chi connectivity index (χ4v) is 7.89. The van der Waals surface area contributed by atoms with E-state index in [9.17, 15) is 29.2 Å². The highest BCUT2D eigenvalue weighted by molar-refractivity contribution is 6.05. The number of aryl methyl sites for hydroxylation is 1. The molecule has 0 spiro atoms. The number of anilines is 4. The maximum atomic E-state index is 13.5. The van der Waals surface area contributed by atoms with Gasteiger partial charge in [0.1, 0.15) is 23.8 Å². The van der Waals surface area contributed by atoms with E-state index in [1.165, 1.54) is 7.11 Å². The zero-order chi connectivity index (χ0) is 42.1. The molecule has 17 nitrogen and oxygen atoms in total. The number of nitriles is 1. The SMILES string of the molecule is CCC1c2c(C#N)ncn2-c2cnc(Nc3ccc(C(=O)NCCCNc4cccc(C)c4C(=O)N(C=O)C(C)CCC(=O)NC=O)cc3OC)nc2N1C1CCCC1. The van der Waals surface area contributed by atoms with Crippen LogP contribution in [0.3, 0.4) is 0 Å². The van der Waals surface area contributed by atoms with E-state index in [4.69, 9.17) is 9.72 Å². The van der Waals surface area contributed by atoms with Gasteiger partial charge >= 0.3 is 0 Å². The minimum Gasteiger partial charge on any atom is -0.495 e. The number of benzene rings is 2. The Bertz CT molecular complexity index is 2250. The summed E-state index contributed by atoms with van der Waals surface area (Å²) in [7, 11) is 1.52. The Morgan fingerprint density at radius 1 is 1.10 bits per heavy atom. The quantitative estimate of drug-likeness (QED) is 0.0764. The van der Waals surface area contributed by atoms with E-state index in [0.717, 1.165) is 54.2 Å². The Morgan fingerprint density at radius 3 is 2.61 bits per heavy atom. The number of carbonyl (C=O) groups excluding carboxylic acids is 5. The van der Waals surface area contributed by atoms with Gasteiger partial charge in [-0.3, -0.25) is 38.8 Å². The fourth-order valence-electron chi connectivity index (χ4n) is 7.89. The molecule has 17 heteroatoms. The predicted octanol–water partition coefficient (Wildman–Crippen LogP) is 5.08. The van der Waals surface area contributed by atoms with Gasteiger partial charge < -0.3 is 25.6 Å². The van der Waals surface area contributed by atoms with Crippen LogP contribution < -0.4 is 30.9 Å². The van der Waals surface area contributed by atoms with Crippen molar-refractivity contribution in [2.45, 2.75) is 90.3 Å². The highest BCUT2D eigenvalue weighted by Gasteiger charge is 2.39. The molecule has 6 rings (SSSR count). The summed E-state index contributed by atoms with van der Waals surface area (Å²) in [5.41, 5.74) is 4.54. The molecule has 2 aromatic heterocycles. The molecule has 59 heavy (non-hydrogen) atoms. The molecule has 308 valence electrons. The van der Waals surface area contributed by atoms with Gasteiger partial charge in [-0.15, -0.1) is 0 Å². The molecule has 2 aromatic carbocycles.